The Bertz CT molecular complexity index is 1180. The molecular weight excluding hydrogens is 390 g/mol. The largest absolute Gasteiger partial charge is 0.497 e. The van der Waals surface area contributed by atoms with Crippen LogP contribution in [0.1, 0.15) is 17.3 Å². The molecule has 0 saturated heterocycles. The predicted molar refractivity (Wildman–Crippen MR) is 120 cm³/mol. The lowest BCUT2D eigenvalue weighted by molar-refractivity contribution is 0.414. The van der Waals surface area contributed by atoms with E-state index in [4.69, 9.17) is 19.3 Å². The quantitative estimate of drug-likeness (QED) is 0.419. The van der Waals surface area contributed by atoms with Crippen LogP contribution in [0.3, 0.4) is 0 Å². The maximum Gasteiger partial charge on any atom is 0.205 e. The molecule has 0 bridgehead atoms. The van der Waals surface area contributed by atoms with Crippen LogP contribution in [0.5, 0.6) is 17.2 Å². The number of ether oxygens (including phenoxy) is 2. The molecule has 31 heavy (non-hydrogen) atoms. The third-order valence-electron chi connectivity index (χ3n) is 5.21. The standard InChI is InChI=1S/C25H21N3O3/c1-29-19-11-7-17(8-12-19)24-27-25-22(15-16-30-25)23(26)28(24)18-9-13-21(14-10-18)31-20-5-3-2-4-6-20/h2-16,24,26-27H,1H3. The highest BCUT2D eigenvalue weighted by molar-refractivity contribution is 6.12. The summed E-state index contributed by atoms with van der Waals surface area (Å²) in [5.74, 6) is 3.24. The van der Waals surface area contributed by atoms with E-state index in [0.29, 0.717) is 11.7 Å². The molecule has 0 spiro atoms. The number of amidine groups is 1. The third-order valence-corrected chi connectivity index (χ3v) is 5.21. The molecule has 1 aliphatic heterocycles. The number of nitrogens with zero attached hydrogens (tertiary/aromatic N) is 1. The number of rotatable bonds is 5. The number of hydrogen-bond acceptors (Lipinski definition) is 5. The molecule has 6 nitrogen and oxygen atoms in total. The molecule has 1 unspecified atom stereocenters. The van der Waals surface area contributed by atoms with E-state index in [1.165, 1.54) is 0 Å². The van der Waals surface area contributed by atoms with E-state index in [-0.39, 0.29) is 6.17 Å². The van der Waals surface area contributed by atoms with Crippen molar-refractivity contribution in [3.63, 3.8) is 0 Å². The van der Waals surface area contributed by atoms with Gasteiger partial charge in [0.05, 0.1) is 18.9 Å². The lowest BCUT2D eigenvalue weighted by Crippen LogP contribution is -2.42. The Hall–Kier alpha value is -4.19. The number of hydrogen-bond donors (Lipinski definition) is 2. The highest BCUT2D eigenvalue weighted by Crippen LogP contribution is 2.38. The van der Waals surface area contributed by atoms with Crippen LogP contribution in [0, 0.1) is 5.41 Å². The summed E-state index contributed by atoms with van der Waals surface area (Å²) in [5.41, 5.74) is 2.57. The van der Waals surface area contributed by atoms with Crippen molar-refractivity contribution in [2.45, 2.75) is 6.17 Å². The normalized spacial score (nSPS) is 15.2. The van der Waals surface area contributed by atoms with Crippen molar-refractivity contribution in [1.29, 1.82) is 5.41 Å². The van der Waals surface area contributed by atoms with Crippen LogP contribution < -0.4 is 19.7 Å². The van der Waals surface area contributed by atoms with Crippen molar-refractivity contribution in [2.75, 3.05) is 17.3 Å². The number of benzene rings is 3. The number of furan rings is 1. The molecule has 154 valence electrons. The van der Waals surface area contributed by atoms with Crippen molar-refractivity contribution in [3.8, 4) is 17.2 Å². The molecule has 0 aliphatic carbocycles. The molecule has 1 aromatic heterocycles. The second kappa shape index (κ2) is 7.91. The number of fused-ring (bicyclic) bond motifs is 1. The zero-order valence-corrected chi connectivity index (χ0v) is 16.9. The van der Waals surface area contributed by atoms with Crippen LogP contribution in [0.4, 0.5) is 11.6 Å². The molecule has 0 fully saturated rings. The van der Waals surface area contributed by atoms with Gasteiger partial charge in [-0.1, -0.05) is 30.3 Å². The van der Waals surface area contributed by atoms with Crippen molar-refractivity contribution < 1.29 is 13.9 Å². The van der Waals surface area contributed by atoms with Gasteiger partial charge in [-0.25, -0.2) is 0 Å². The Morgan fingerprint density at radius 3 is 2.23 bits per heavy atom. The fraction of sp³-hybridized carbons (Fsp3) is 0.0800. The van der Waals surface area contributed by atoms with Gasteiger partial charge in [-0.15, -0.1) is 0 Å². The first-order chi connectivity index (χ1) is 15.2. The zero-order valence-electron chi connectivity index (χ0n) is 16.9. The van der Waals surface area contributed by atoms with E-state index in [2.05, 4.69) is 5.32 Å². The summed E-state index contributed by atoms with van der Waals surface area (Å²) in [6, 6.07) is 27.0. The van der Waals surface area contributed by atoms with E-state index in [1.807, 2.05) is 83.8 Å². The van der Waals surface area contributed by atoms with Gasteiger partial charge in [-0.2, -0.15) is 0 Å². The van der Waals surface area contributed by atoms with Crippen LogP contribution in [0.25, 0.3) is 0 Å². The van der Waals surface area contributed by atoms with E-state index < -0.39 is 0 Å². The molecule has 0 radical (unpaired) electrons. The van der Waals surface area contributed by atoms with E-state index in [0.717, 1.165) is 34.1 Å². The summed E-state index contributed by atoms with van der Waals surface area (Å²) in [6.45, 7) is 0. The molecule has 0 amide bonds. The van der Waals surface area contributed by atoms with E-state index >= 15 is 0 Å². The average Bonchev–Trinajstić information content (AvgIpc) is 3.30. The highest BCUT2D eigenvalue weighted by Gasteiger charge is 2.33. The van der Waals surface area contributed by atoms with Gasteiger partial charge in [-0.3, -0.25) is 5.41 Å². The summed E-state index contributed by atoms with van der Waals surface area (Å²) in [7, 11) is 1.64. The SMILES string of the molecule is COc1ccc(C2Nc3occc3C(=N)N2c2ccc(Oc3ccccc3)cc2)cc1. The third kappa shape index (κ3) is 3.59. The second-order valence-corrected chi connectivity index (χ2v) is 7.11. The molecule has 1 atom stereocenters. The zero-order chi connectivity index (χ0) is 21.2. The van der Waals surface area contributed by atoms with Crippen LogP contribution in [0.15, 0.2) is 95.6 Å². The molecule has 2 heterocycles. The van der Waals surface area contributed by atoms with Crippen molar-refractivity contribution >= 4 is 17.4 Å². The Balaban J connectivity index is 1.48. The van der Waals surface area contributed by atoms with Crippen molar-refractivity contribution in [2.24, 2.45) is 0 Å². The molecule has 2 N–H and O–H groups in total. The molecule has 5 rings (SSSR count). The smallest absolute Gasteiger partial charge is 0.205 e. The first kappa shape index (κ1) is 18.8. The van der Waals surface area contributed by atoms with Gasteiger partial charge in [-0.05, 0) is 60.2 Å². The van der Waals surface area contributed by atoms with Crippen LogP contribution in [0.2, 0.25) is 0 Å². The molecule has 1 aliphatic rings. The summed E-state index contributed by atoms with van der Waals surface area (Å²) in [5, 5.41) is 12.3. The summed E-state index contributed by atoms with van der Waals surface area (Å²) < 4.78 is 16.8. The molecular formula is C25H21N3O3. The Morgan fingerprint density at radius 1 is 0.839 bits per heavy atom. The number of anilines is 2. The number of methoxy groups -OCH3 is 1. The minimum atomic E-state index is -0.307. The van der Waals surface area contributed by atoms with Crippen LogP contribution >= 0.6 is 0 Å². The van der Waals surface area contributed by atoms with Gasteiger partial charge in [0.15, 0.2) is 0 Å². The predicted octanol–water partition coefficient (Wildman–Crippen LogP) is 6.04. The minimum absolute atomic E-state index is 0.307. The highest BCUT2D eigenvalue weighted by atomic mass is 16.5. The van der Waals surface area contributed by atoms with Crippen LogP contribution in [-0.2, 0) is 0 Å². The fourth-order valence-electron chi connectivity index (χ4n) is 3.65. The lowest BCUT2D eigenvalue weighted by Gasteiger charge is -2.38. The Labute approximate surface area is 180 Å². The lowest BCUT2D eigenvalue weighted by atomic mass is 10.1. The Morgan fingerprint density at radius 2 is 1.52 bits per heavy atom. The first-order valence-electron chi connectivity index (χ1n) is 9.92. The van der Waals surface area contributed by atoms with E-state index in [9.17, 15) is 0 Å². The summed E-state index contributed by atoms with van der Waals surface area (Å²) in [6.07, 6.45) is 1.29. The number of nitrogens with one attached hydrogen (secondary N) is 2. The van der Waals surface area contributed by atoms with Crippen LogP contribution in [-0.4, -0.2) is 12.9 Å². The first-order valence-corrected chi connectivity index (χ1v) is 9.92. The fourth-order valence-corrected chi connectivity index (χ4v) is 3.65. The monoisotopic (exact) mass is 411 g/mol. The van der Waals surface area contributed by atoms with Crippen molar-refractivity contribution in [1.82, 2.24) is 0 Å². The molecule has 6 heteroatoms. The second-order valence-electron chi connectivity index (χ2n) is 7.11. The van der Waals surface area contributed by atoms with Gasteiger partial charge >= 0.3 is 0 Å². The van der Waals surface area contributed by atoms with E-state index in [1.54, 1.807) is 19.4 Å². The average molecular weight is 411 g/mol. The molecule has 4 aromatic rings. The summed E-state index contributed by atoms with van der Waals surface area (Å²) in [4.78, 5) is 1.94. The topological polar surface area (TPSA) is 70.7 Å². The van der Waals surface area contributed by atoms with Gasteiger partial charge < -0.3 is 24.1 Å². The van der Waals surface area contributed by atoms with Gasteiger partial charge in [0.25, 0.3) is 0 Å². The maximum atomic E-state index is 8.84. The number of para-hydroxylation sites is 1. The van der Waals surface area contributed by atoms with Gasteiger partial charge in [0, 0.05) is 5.69 Å². The Kier molecular flexibility index (Phi) is 4.80. The summed E-state index contributed by atoms with van der Waals surface area (Å²) >= 11 is 0. The molecule has 0 saturated carbocycles. The van der Waals surface area contributed by atoms with Gasteiger partial charge in [0.1, 0.15) is 29.2 Å². The minimum Gasteiger partial charge on any atom is -0.497 e. The van der Waals surface area contributed by atoms with Crippen molar-refractivity contribution in [3.05, 3.63) is 102 Å². The maximum absolute atomic E-state index is 8.84. The van der Waals surface area contributed by atoms with Gasteiger partial charge in [0.2, 0.25) is 5.88 Å². The molecule has 3 aromatic carbocycles.